The summed E-state index contributed by atoms with van der Waals surface area (Å²) in [6.07, 6.45) is 16.0. The standard InChI is InChI=1S/C30H47NO2/c1-23(2)11-8-12-24(3)13-9-14-25(4)15-10-17-30(6)18-16-27-22-28(32-20-19-31-7)21-26(5)29(27)33-30/h11,13,15,21-22,31H,8-10,12,14,16-20H2,1-7H3/b24-13+,25-15+/t30-/m1/s1. The van der Waals surface area contributed by atoms with E-state index in [1.54, 1.807) is 0 Å². The van der Waals surface area contributed by atoms with Gasteiger partial charge >= 0.3 is 0 Å². The van der Waals surface area contributed by atoms with Crippen LogP contribution >= 0.6 is 0 Å². The molecule has 33 heavy (non-hydrogen) atoms. The predicted octanol–water partition coefficient (Wildman–Crippen LogP) is 7.88. The van der Waals surface area contributed by atoms with Gasteiger partial charge in [-0.25, -0.2) is 0 Å². The third-order valence-corrected chi connectivity index (χ3v) is 6.51. The van der Waals surface area contributed by atoms with Gasteiger partial charge in [0.1, 0.15) is 23.7 Å². The Morgan fingerprint density at radius 1 is 1.03 bits per heavy atom. The highest BCUT2D eigenvalue weighted by Crippen LogP contribution is 2.40. The minimum atomic E-state index is -0.0928. The van der Waals surface area contributed by atoms with Crippen molar-refractivity contribution in [3.05, 3.63) is 58.2 Å². The molecule has 0 bridgehead atoms. The van der Waals surface area contributed by atoms with E-state index in [1.807, 2.05) is 7.05 Å². The van der Waals surface area contributed by atoms with E-state index in [-0.39, 0.29) is 5.60 Å². The van der Waals surface area contributed by atoms with Crippen LogP contribution in [0.15, 0.2) is 47.1 Å². The molecule has 3 nitrogen and oxygen atoms in total. The van der Waals surface area contributed by atoms with Crippen molar-refractivity contribution in [1.29, 1.82) is 0 Å². The zero-order valence-corrected chi connectivity index (χ0v) is 22.3. The Bertz CT molecular complexity index is 845. The largest absolute Gasteiger partial charge is 0.492 e. The van der Waals surface area contributed by atoms with E-state index in [9.17, 15) is 0 Å². The van der Waals surface area contributed by atoms with Crippen molar-refractivity contribution in [3.8, 4) is 11.5 Å². The topological polar surface area (TPSA) is 30.5 Å². The van der Waals surface area contributed by atoms with Crippen LogP contribution in [0.5, 0.6) is 11.5 Å². The SMILES string of the molecule is CNCCOc1cc(C)c2c(c1)CC[C@@](C)(CC/C=C(\C)CC/C=C(\C)CCC=C(C)C)O2. The highest BCUT2D eigenvalue weighted by Gasteiger charge is 2.32. The third-order valence-electron chi connectivity index (χ3n) is 6.51. The lowest BCUT2D eigenvalue weighted by atomic mass is 9.87. The summed E-state index contributed by atoms with van der Waals surface area (Å²) >= 11 is 0. The molecule has 1 aromatic rings. The lowest BCUT2D eigenvalue weighted by Gasteiger charge is -2.37. The molecule has 0 amide bonds. The van der Waals surface area contributed by atoms with Crippen molar-refractivity contribution in [2.45, 2.75) is 98.5 Å². The van der Waals surface area contributed by atoms with Gasteiger partial charge in [-0.2, -0.15) is 0 Å². The Morgan fingerprint density at radius 2 is 1.70 bits per heavy atom. The van der Waals surface area contributed by atoms with E-state index in [2.05, 4.69) is 77.2 Å². The molecule has 0 saturated carbocycles. The predicted molar refractivity (Wildman–Crippen MR) is 143 cm³/mol. The minimum Gasteiger partial charge on any atom is -0.492 e. The van der Waals surface area contributed by atoms with Crippen molar-refractivity contribution in [2.24, 2.45) is 0 Å². The van der Waals surface area contributed by atoms with Gasteiger partial charge in [0, 0.05) is 6.54 Å². The third kappa shape index (κ3) is 9.80. The maximum atomic E-state index is 6.57. The fourth-order valence-electron chi connectivity index (χ4n) is 4.33. The summed E-state index contributed by atoms with van der Waals surface area (Å²) < 4.78 is 12.4. The molecule has 1 aromatic carbocycles. The number of aryl methyl sites for hydroxylation is 2. The van der Waals surface area contributed by atoms with Gasteiger partial charge in [-0.1, -0.05) is 34.9 Å². The van der Waals surface area contributed by atoms with Gasteiger partial charge in [0.15, 0.2) is 0 Å². The first-order chi connectivity index (χ1) is 15.7. The van der Waals surface area contributed by atoms with Crippen LogP contribution in [-0.2, 0) is 6.42 Å². The number of hydrogen-bond donors (Lipinski definition) is 1. The second-order valence-corrected chi connectivity index (χ2v) is 10.2. The normalized spacial score (nSPS) is 18.5. The van der Waals surface area contributed by atoms with Crippen molar-refractivity contribution in [2.75, 3.05) is 20.2 Å². The molecule has 3 heteroatoms. The van der Waals surface area contributed by atoms with Crippen LogP contribution in [0.3, 0.4) is 0 Å². The first kappa shape index (κ1) is 27.2. The van der Waals surface area contributed by atoms with Crippen LogP contribution in [0.4, 0.5) is 0 Å². The number of fused-ring (bicyclic) bond motifs is 1. The van der Waals surface area contributed by atoms with Gasteiger partial charge in [0.25, 0.3) is 0 Å². The Labute approximate surface area is 203 Å². The summed E-state index contributed by atoms with van der Waals surface area (Å²) in [6, 6.07) is 4.27. The van der Waals surface area contributed by atoms with Gasteiger partial charge in [0.05, 0.1) is 0 Å². The van der Waals surface area contributed by atoms with Crippen molar-refractivity contribution < 1.29 is 9.47 Å². The average Bonchev–Trinajstić information content (AvgIpc) is 2.74. The summed E-state index contributed by atoms with van der Waals surface area (Å²) in [4.78, 5) is 0. The first-order valence-electron chi connectivity index (χ1n) is 12.8. The van der Waals surface area contributed by atoms with Gasteiger partial charge in [-0.15, -0.1) is 0 Å². The molecular weight excluding hydrogens is 406 g/mol. The number of likely N-dealkylation sites (N-methyl/N-ethyl adjacent to an activating group) is 1. The molecule has 184 valence electrons. The number of allylic oxidation sites excluding steroid dienone is 6. The smallest absolute Gasteiger partial charge is 0.126 e. The summed E-state index contributed by atoms with van der Waals surface area (Å²) in [5.74, 6) is 2.02. The summed E-state index contributed by atoms with van der Waals surface area (Å²) in [5, 5.41) is 3.12. The molecule has 1 heterocycles. The molecular formula is C30H47NO2. The fourth-order valence-corrected chi connectivity index (χ4v) is 4.33. The molecule has 1 aliphatic heterocycles. The Balaban J connectivity index is 1.82. The number of hydrogen-bond acceptors (Lipinski definition) is 3. The molecule has 0 aromatic heterocycles. The van der Waals surface area contributed by atoms with Crippen LogP contribution in [0, 0.1) is 6.92 Å². The molecule has 0 aliphatic carbocycles. The molecule has 1 aliphatic rings. The summed E-state index contributed by atoms with van der Waals surface area (Å²) in [6.45, 7) is 14.8. The van der Waals surface area contributed by atoms with Gasteiger partial charge in [-0.05, 0) is 123 Å². The van der Waals surface area contributed by atoms with Crippen molar-refractivity contribution >= 4 is 0 Å². The number of benzene rings is 1. The molecule has 0 radical (unpaired) electrons. The van der Waals surface area contributed by atoms with Gasteiger partial charge in [0.2, 0.25) is 0 Å². The lowest BCUT2D eigenvalue weighted by Crippen LogP contribution is -2.36. The highest BCUT2D eigenvalue weighted by molar-refractivity contribution is 5.48. The van der Waals surface area contributed by atoms with Crippen LogP contribution in [0.25, 0.3) is 0 Å². The number of ether oxygens (including phenoxy) is 2. The number of nitrogens with one attached hydrogen (secondary N) is 1. The Hall–Kier alpha value is -2.00. The van der Waals surface area contributed by atoms with Crippen molar-refractivity contribution in [1.82, 2.24) is 5.32 Å². The van der Waals surface area contributed by atoms with Crippen molar-refractivity contribution in [3.63, 3.8) is 0 Å². The highest BCUT2D eigenvalue weighted by atomic mass is 16.5. The molecule has 1 N–H and O–H groups in total. The maximum Gasteiger partial charge on any atom is 0.126 e. The zero-order valence-electron chi connectivity index (χ0n) is 22.3. The van der Waals surface area contributed by atoms with Crippen LogP contribution in [-0.4, -0.2) is 25.8 Å². The van der Waals surface area contributed by atoms with E-state index in [1.165, 1.54) is 34.3 Å². The molecule has 0 saturated heterocycles. The monoisotopic (exact) mass is 453 g/mol. The summed E-state index contributed by atoms with van der Waals surface area (Å²) in [7, 11) is 1.94. The molecule has 0 spiro atoms. The Kier molecular flexibility index (Phi) is 11.3. The van der Waals surface area contributed by atoms with Crippen LogP contribution in [0.2, 0.25) is 0 Å². The zero-order chi connectivity index (χ0) is 24.3. The van der Waals surface area contributed by atoms with E-state index in [4.69, 9.17) is 9.47 Å². The fraction of sp³-hybridized carbons (Fsp3) is 0.600. The van der Waals surface area contributed by atoms with E-state index in [0.29, 0.717) is 6.61 Å². The first-order valence-corrected chi connectivity index (χ1v) is 12.8. The molecule has 1 atom stereocenters. The Morgan fingerprint density at radius 3 is 2.36 bits per heavy atom. The van der Waals surface area contributed by atoms with E-state index in [0.717, 1.165) is 63.0 Å². The number of rotatable bonds is 13. The average molecular weight is 454 g/mol. The maximum absolute atomic E-state index is 6.57. The van der Waals surface area contributed by atoms with Crippen LogP contribution in [0.1, 0.15) is 90.7 Å². The quantitative estimate of drug-likeness (QED) is 0.243. The minimum absolute atomic E-state index is 0.0928. The van der Waals surface area contributed by atoms with E-state index < -0.39 is 0 Å². The van der Waals surface area contributed by atoms with E-state index >= 15 is 0 Å². The van der Waals surface area contributed by atoms with Crippen LogP contribution < -0.4 is 14.8 Å². The second-order valence-electron chi connectivity index (χ2n) is 10.2. The van der Waals surface area contributed by atoms with Gasteiger partial charge in [-0.3, -0.25) is 0 Å². The lowest BCUT2D eigenvalue weighted by molar-refractivity contribution is 0.0561. The van der Waals surface area contributed by atoms with Gasteiger partial charge < -0.3 is 14.8 Å². The molecule has 2 rings (SSSR count). The molecule has 0 unspecified atom stereocenters. The molecule has 0 fully saturated rings. The summed E-state index contributed by atoms with van der Waals surface area (Å²) in [5.41, 5.74) is 6.78. The second kappa shape index (κ2) is 13.6.